The van der Waals surface area contributed by atoms with E-state index in [9.17, 15) is 4.79 Å². The molecule has 0 unspecified atom stereocenters. The number of carbonyl (C=O) groups excluding carboxylic acids is 1. The standard InChI is InChI=1S/C14H30N4O2/c1-7-20-10-8-9-15-13(17-14(2,3)4)16-11-12(19)18(5)6/h7-11H2,1-6H3,(H2,15,16,17). The Morgan fingerprint density at radius 2 is 1.95 bits per heavy atom. The molecule has 0 radical (unpaired) electrons. The summed E-state index contributed by atoms with van der Waals surface area (Å²) < 4.78 is 5.28. The minimum absolute atomic E-state index is 0.0191. The fourth-order valence-electron chi connectivity index (χ4n) is 1.31. The molecular formula is C14H30N4O2. The summed E-state index contributed by atoms with van der Waals surface area (Å²) in [5.41, 5.74) is -0.104. The van der Waals surface area contributed by atoms with Crippen molar-refractivity contribution < 1.29 is 9.53 Å². The van der Waals surface area contributed by atoms with Crippen molar-refractivity contribution in [1.29, 1.82) is 0 Å². The second kappa shape index (κ2) is 9.58. The molecule has 0 aromatic heterocycles. The van der Waals surface area contributed by atoms with Gasteiger partial charge < -0.3 is 20.3 Å². The molecule has 1 amide bonds. The van der Waals surface area contributed by atoms with Crippen molar-refractivity contribution in [2.24, 2.45) is 4.99 Å². The average Bonchev–Trinajstić information content (AvgIpc) is 2.33. The Kier molecular flexibility index (Phi) is 8.96. The molecule has 0 aliphatic heterocycles. The van der Waals surface area contributed by atoms with Gasteiger partial charge in [0, 0.05) is 39.4 Å². The molecule has 6 heteroatoms. The van der Waals surface area contributed by atoms with Crippen LogP contribution in [-0.2, 0) is 9.53 Å². The maximum Gasteiger partial charge on any atom is 0.243 e. The quantitative estimate of drug-likeness (QED) is 0.413. The Morgan fingerprint density at radius 3 is 2.45 bits per heavy atom. The van der Waals surface area contributed by atoms with Gasteiger partial charge in [-0.1, -0.05) is 0 Å². The third kappa shape index (κ3) is 10.6. The lowest BCUT2D eigenvalue weighted by Gasteiger charge is -2.24. The minimum atomic E-state index is -0.104. The maximum atomic E-state index is 11.6. The highest BCUT2D eigenvalue weighted by atomic mass is 16.5. The van der Waals surface area contributed by atoms with Crippen molar-refractivity contribution in [2.45, 2.75) is 39.7 Å². The molecule has 0 spiro atoms. The highest BCUT2D eigenvalue weighted by Gasteiger charge is 2.12. The van der Waals surface area contributed by atoms with Gasteiger partial charge in [-0.15, -0.1) is 0 Å². The normalized spacial score (nSPS) is 12.2. The highest BCUT2D eigenvalue weighted by molar-refractivity contribution is 5.85. The van der Waals surface area contributed by atoms with Crippen LogP contribution in [0.1, 0.15) is 34.1 Å². The number of rotatable bonds is 7. The monoisotopic (exact) mass is 286 g/mol. The number of hydrogen-bond donors (Lipinski definition) is 2. The zero-order chi connectivity index (χ0) is 15.6. The van der Waals surface area contributed by atoms with E-state index in [1.165, 1.54) is 4.90 Å². The van der Waals surface area contributed by atoms with E-state index in [0.29, 0.717) is 5.96 Å². The van der Waals surface area contributed by atoms with Crippen LogP contribution < -0.4 is 10.6 Å². The fourth-order valence-corrected chi connectivity index (χ4v) is 1.31. The first-order valence-electron chi connectivity index (χ1n) is 7.10. The minimum Gasteiger partial charge on any atom is -0.382 e. The maximum absolute atomic E-state index is 11.6. The van der Waals surface area contributed by atoms with E-state index in [0.717, 1.165) is 26.2 Å². The van der Waals surface area contributed by atoms with Gasteiger partial charge in [0.05, 0.1) is 0 Å². The van der Waals surface area contributed by atoms with E-state index in [1.807, 2.05) is 6.92 Å². The van der Waals surface area contributed by atoms with Gasteiger partial charge in [0.15, 0.2) is 5.96 Å². The Hall–Kier alpha value is -1.30. The molecule has 6 nitrogen and oxygen atoms in total. The lowest BCUT2D eigenvalue weighted by atomic mass is 10.1. The molecule has 0 rings (SSSR count). The van der Waals surface area contributed by atoms with Gasteiger partial charge in [-0.3, -0.25) is 4.79 Å². The molecule has 0 saturated heterocycles. The molecule has 0 aliphatic carbocycles. The zero-order valence-corrected chi connectivity index (χ0v) is 13.7. The van der Waals surface area contributed by atoms with E-state index >= 15 is 0 Å². The van der Waals surface area contributed by atoms with Gasteiger partial charge >= 0.3 is 0 Å². The number of carbonyl (C=O) groups is 1. The van der Waals surface area contributed by atoms with Crippen LogP contribution in [0.15, 0.2) is 4.99 Å². The first-order valence-corrected chi connectivity index (χ1v) is 7.10. The summed E-state index contributed by atoms with van der Waals surface area (Å²) in [6.45, 7) is 10.5. The topological polar surface area (TPSA) is 66.0 Å². The summed E-state index contributed by atoms with van der Waals surface area (Å²) in [6.07, 6.45) is 0.903. The molecule has 0 heterocycles. The Labute approximate surface area is 123 Å². The van der Waals surface area contributed by atoms with E-state index in [2.05, 4.69) is 36.4 Å². The van der Waals surface area contributed by atoms with Crippen molar-refractivity contribution in [1.82, 2.24) is 15.5 Å². The largest absolute Gasteiger partial charge is 0.382 e. The second-order valence-corrected chi connectivity index (χ2v) is 5.81. The van der Waals surface area contributed by atoms with Crippen LogP contribution in [-0.4, -0.2) is 62.7 Å². The molecule has 118 valence electrons. The number of likely N-dealkylation sites (N-methyl/N-ethyl adjacent to an activating group) is 1. The second-order valence-electron chi connectivity index (χ2n) is 5.81. The van der Waals surface area contributed by atoms with Gasteiger partial charge in [0.2, 0.25) is 5.91 Å². The first-order chi connectivity index (χ1) is 9.26. The lowest BCUT2D eigenvalue weighted by molar-refractivity contribution is -0.127. The molecule has 0 atom stereocenters. The van der Waals surface area contributed by atoms with Crippen LogP contribution in [0, 0.1) is 0 Å². The number of amides is 1. The highest BCUT2D eigenvalue weighted by Crippen LogP contribution is 1.98. The predicted molar refractivity (Wildman–Crippen MR) is 83.0 cm³/mol. The van der Waals surface area contributed by atoms with Gasteiger partial charge in [0.25, 0.3) is 0 Å². The predicted octanol–water partition coefficient (Wildman–Crippen LogP) is 0.835. The Balaban J connectivity index is 4.34. The third-order valence-corrected chi connectivity index (χ3v) is 2.33. The van der Waals surface area contributed by atoms with E-state index in [4.69, 9.17) is 4.74 Å². The van der Waals surface area contributed by atoms with Crippen LogP contribution in [0.3, 0.4) is 0 Å². The molecular weight excluding hydrogens is 256 g/mol. The summed E-state index contributed by atoms with van der Waals surface area (Å²) >= 11 is 0. The van der Waals surface area contributed by atoms with Crippen molar-refractivity contribution in [2.75, 3.05) is 40.4 Å². The number of nitrogens with zero attached hydrogens (tertiary/aromatic N) is 2. The van der Waals surface area contributed by atoms with Crippen LogP contribution in [0.25, 0.3) is 0 Å². The third-order valence-electron chi connectivity index (χ3n) is 2.33. The number of hydrogen-bond acceptors (Lipinski definition) is 3. The van der Waals surface area contributed by atoms with Crippen molar-refractivity contribution in [3.8, 4) is 0 Å². The first kappa shape index (κ1) is 18.7. The summed E-state index contributed by atoms with van der Waals surface area (Å²) in [5, 5.41) is 6.49. The molecule has 0 aliphatic rings. The van der Waals surface area contributed by atoms with Crippen molar-refractivity contribution >= 4 is 11.9 Å². The molecule has 20 heavy (non-hydrogen) atoms. The smallest absolute Gasteiger partial charge is 0.243 e. The number of nitrogens with one attached hydrogen (secondary N) is 2. The van der Waals surface area contributed by atoms with Crippen molar-refractivity contribution in [3.05, 3.63) is 0 Å². The zero-order valence-electron chi connectivity index (χ0n) is 13.7. The van der Waals surface area contributed by atoms with E-state index in [1.54, 1.807) is 14.1 Å². The SMILES string of the molecule is CCOCCCNC(=NCC(=O)N(C)C)NC(C)(C)C. The molecule has 0 saturated carbocycles. The van der Waals surface area contributed by atoms with Crippen LogP contribution in [0.4, 0.5) is 0 Å². The van der Waals surface area contributed by atoms with E-state index < -0.39 is 0 Å². The summed E-state index contributed by atoms with van der Waals surface area (Å²) in [4.78, 5) is 17.4. The lowest BCUT2D eigenvalue weighted by Crippen LogP contribution is -2.48. The van der Waals surface area contributed by atoms with Crippen LogP contribution >= 0.6 is 0 Å². The number of guanidine groups is 1. The molecule has 0 fully saturated rings. The number of ether oxygens (including phenoxy) is 1. The summed E-state index contributed by atoms with van der Waals surface area (Å²) in [7, 11) is 3.45. The summed E-state index contributed by atoms with van der Waals surface area (Å²) in [5.74, 6) is 0.638. The molecule has 0 bridgehead atoms. The Morgan fingerprint density at radius 1 is 1.30 bits per heavy atom. The Bertz CT molecular complexity index is 309. The molecule has 0 aromatic carbocycles. The van der Waals surface area contributed by atoms with Gasteiger partial charge in [0.1, 0.15) is 6.54 Å². The van der Waals surface area contributed by atoms with E-state index in [-0.39, 0.29) is 18.0 Å². The van der Waals surface area contributed by atoms with Gasteiger partial charge in [-0.25, -0.2) is 4.99 Å². The van der Waals surface area contributed by atoms with Gasteiger partial charge in [-0.2, -0.15) is 0 Å². The van der Waals surface area contributed by atoms with Crippen LogP contribution in [0.2, 0.25) is 0 Å². The fraction of sp³-hybridized carbons (Fsp3) is 0.857. The average molecular weight is 286 g/mol. The molecule has 0 aromatic rings. The van der Waals surface area contributed by atoms with Gasteiger partial charge in [-0.05, 0) is 34.1 Å². The summed E-state index contributed by atoms with van der Waals surface area (Å²) in [6, 6.07) is 0. The van der Waals surface area contributed by atoms with Crippen molar-refractivity contribution in [3.63, 3.8) is 0 Å². The number of aliphatic imine (C=N–C) groups is 1. The molecule has 2 N–H and O–H groups in total. The van der Waals surface area contributed by atoms with Crippen LogP contribution in [0.5, 0.6) is 0 Å².